The number of ether oxygens (including phenoxy) is 1. The normalized spacial score (nSPS) is 11.5. The number of rotatable bonds is 5. The molecule has 0 N–H and O–H groups in total. The smallest absolute Gasteiger partial charge is 0.420 e. The molecule has 8 heteroatoms. The molecule has 0 spiro atoms. The first-order chi connectivity index (χ1) is 11.7. The average Bonchev–Trinajstić information content (AvgIpc) is 2.52. The Balaban J connectivity index is 2.49. The number of Topliss-reactive ketones (excluding diaryl/α,β-unsaturated/α-hetero) is 1. The quantitative estimate of drug-likeness (QED) is 0.556. The van der Waals surface area contributed by atoms with E-state index in [2.05, 4.69) is 0 Å². The van der Waals surface area contributed by atoms with Crippen molar-refractivity contribution in [3.63, 3.8) is 0 Å². The van der Waals surface area contributed by atoms with Gasteiger partial charge in [-0.1, -0.05) is 12.1 Å². The summed E-state index contributed by atoms with van der Waals surface area (Å²) in [5.41, 5.74) is -3.19. The maximum absolute atomic E-state index is 14.1. The van der Waals surface area contributed by atoms with E-state index in [9.17, 15) is 31.1 Å². The third kappa shape index (κ3) is 3.94. The van der Waals surface area contributed by atoms with Gasteiger partial charge >= 0.3 is 6.18 Å². The molecule has 2 aromatic rings. The molecule has 0 aliphatic rings. The van der Waals surface area contributed by atoms with Crippen LogP contribution < -0.4 is 4.74 Å². The number of hydrogen-bond acceptors (Lipinski definition) is 2. The fourth-order valence-corrected chi connectivity index (χ4v) is 2.29. The molecule has 2 nitrogen and oxygen atoms in total. The van der Waals surface area contributed by atoms with Crippen LogP contribution in [0.15, 0.2) is 30.3 Å². The lowest BCUT2D eigenvalue weighted by Gasteiger charge is -2.16. The first-order valence-corrected chi connectivity index (χ1v) is 7.15. The summed E-state index contributed by atoms with van der Waals surface area (Å²) in [7, 11) is 0. The third-order valence-electron chi connectivity index (χ3n) is 3.37. The van der Waals surface area contributed by atoms with Gasteiger partial charge in [-0.2, -0.15) is 13.2 Å². The van der Waals surface area contributed by atoms with Gasteiger partial charge in [0, 0.05) is 12.0 Å². The molecule has 0 heterocycles. The van der Waals surface area contributed by atoms with Gasteiger partial charge in [-0.05, 0) is 30.7 Å². The van der Waals surface area contributed by atoms with Gasteiger partial charge in [-0.25, -0.2) is 13.2 Å². The molecule has 0 unspecified atom stereocenters. The first kappa shape index (κ1) is 18.8. The van der Waals surface area contributed by atoms with Crippen molar-refractivity contribution in [1.82, 2.24) is 0 Å². The molecule has 0 atom stereocenters. The van der Waals surface area contributed by atoms with Gasteiger partial charge < -0.3 is 4.74 Å². The second kappa shape index (κ2) is 7.16. The van der Waals surface area contributed by atoms with Crippen LogP contribution in [0.25, 0.3) is 0 Å². The van der Waals surface area contributed by atoms with Crippen LogP contribution in [0.4, 0.5) is 26.3 Å². The summed E-state index contributed by atoms with van der Waals surface area (Å²) in [4.78, 5) is 12.2. The Morgan fingerprint density at radius 2 is 1.72 bits per heavy atom. The largest absolute Gasteiger partial charge is 0.491 e. The van der Waals surface area contributed by atoms with Crippen LogP contribution in [-0.4, -0.2) is 12.4 Å². The van der Waals surface area contributed by atoms with Gasteiger partial charge in [0.25, 0.3) is 0 Å². The van der Waals surface area contributed by atoms with E-state index in [0.29, 0.717) is 0 Å². The van der Waals surface area contributed by atoms with Gasteiger partial charge in [0.2, 0.25) is 0 Å². The fraction of sp³-hybridized carbons (Fsp3) is 0.235. The van der Waals surface area contributed by atoms with Crippen molar-refractivity contribution >= 4 is 5.78 Å². The lowest BCUT2D eigenvalue weighted by molar-refractivity contribution is -0.140. The Labute approximate surface area is 139 Å². The Kier molecular flexibility index (Phi) is 5.39. The van der Waals surface area contributed by atoms with Crippen molar-refractivity contribution in [2.45, 2.75) is 19.5 Å². The van der Waals surface area contributed by atoms with E-state index >= 15 is 0 Å². The molecule has 0 aliphatic carbocycles. The van der Waals surface area contributed by atoms with Crippen molar-refractivity contribution < 1.29 is 35.9 Å². The topological polar surface area (TPSA) is 26.3 Å². The second-order valence-corrected chi connectivity index (χ2v) is 5.04. The molecule has 0 aromatic heterocycles. The number of alkyl halides is 3. The van der Waals surface area contributed by atoms with Crippen molar-refractivity contribution in [3.05, 3.63) is 64.5 Å². The molecule has 2 rings (SSSR count). The zero-order valence-electron chi connectivity index (χ0n) is 12.9. The van der Waals surface area contributed by atoms with Crippen molar-refractivity contribution in [3.8, 4) is 5.75 Å². The molecular weight excluding hydrogens is 350 g/mol. The maximum atomic E-state index is 14.1. The lowest BCUT2D eigenvalue weighted by atomic mass is 9.97. The zero-order valence-corrected chi connectivity index (χ0v) is 12.9. The minimum atomic E-state index is -5.16. The third-order valence-corrected chi connectivity index (χ3v) is 3.37. The van der Waals surface area contributed by atoms with Crippen molar-refractivity contribution in [1.29, 1.82) is 0 Å². The number of benzene rings is 2. The summed E-state index contributed by atoms with van der Waals surface area (Å²) in [5.74, 6) is -6.14. The van der Waals surface area contributed by atoms with Gasteiger partial charge in [-0.15, -0.1) is 0 Å². The van der Waals surface area contributed by atoms with Gasteiger partial charge in [0.1, 0.15) is 5.56 Å². The number of carbonyl (C=O) groups excluding carboxylic acids is 1. The van der Waals surface area contributed by atoms with Crippen molar-refractivity contribution in [2.75, 3.05) is 6.61 Å². The van der Waals surface area contributed by atoms with Crippen LogP contribution in [0.5, 0.6) is 5.75 Å². The second-order valence-electron chi connectivity index (χ2n) is 5.04. The maximum Gasteiger partial charge on any atom is 0.420 e. The van der Waals surface area contributed by atoms with Crippen LogP contribution in [0.1, 0.15) is 28.4 Å². The molecule has 25 heavy (non-hydrogen) atoms. The minimum Gasteiger partial charge on any atom is -0.491 e. The van der Waals surface area contributed by atoms with E-state index in [-0.39, 0.29) is 6.61 Å². The standard InChI is InChI=1S/C17H12F6O2/c1-2-25-13-7-6-10(14(16(13)20)17(21,22)23)12(24)8-9-4-3-5-11(18)15(9)19/h3-7H,2,8H2,1H3. The lowest BCUT2D eigenvalue weighted by Crippen LogP contribution is -2.18. The minimum absolute atomic E-state index is 0.0734. The van der Waals surface area contributed by atoms with Crippen molar-refractivity contribution in [2.24, 2.45) is 0 Å². The molecular formula is C17H12F6O2. The van der Waals surface area contributed by atoms with E-state index in [1.54, 1.807) is 0 Å². The zero-order chi connectivity index (χ0) is 18.8. The molecule has 0 radical (unpaired) electrons. The van der Waals surface area contributed by atoms with Gasteiger partial charge in [0.15, 0.2) is 29.0 Å². The highest BCUT2D eigenvalue weighted by atomic mass is 19.4. The van der Waals surface area contributed by atoms with E-state index in [0.717, 1.165) is 30.3 Å². The number of halogens is 6. The Morgan fingerprint density at radius 1 is 1.04 bits per heavy atom. The summed E-state index contributed by atoms with van der Waals surface area (Å²) >= 11 is 0. The molecule has 2 aromatic carbocycles. The van der Waals surface area contributed by atoms with E-state index in [4.69, 9.17) is 4.74 Å². The number of hydrogen-bond donors (Lipinski definition) is 0. The Bertz CT molecular complexity index is 798. The van der Waals surface area contributed by atoms with Crippen LogP contribution in [-0.2, 0) is 12.6 Å². The summed E-state index contributed by atoms with van der Waals surface area (Å²) in [6.45, 7) is 1.38. The van der Waals surface area contributed by atoms with Crippen LogP contribution in [0, 0.1) is 17.5 Å². The predicted octanol–water partition coefficient (Wildman–Crippen LogP) is 4.95. The highest BCUT2D eigenvalue weighted by Crippen LogP contribution is 2.38. The van der Waals surface area contributed by atoms with Crippen LogP contribution in [0.2, 0.25) is 0 Å². The monoisotopic (exact) mass is 362 g/mol. The molecule has 0 aliphatic heterocycles. The highest BCUT2D eigenvalue weighted by Gasteiger charge is 2.40. The van der Waals surface area contributed by atoms with E-state index in [1.165, 1.54) is 6.92 Å². The van der Waals surface area contributed by atoms with Crippen LogP contribution >= 0.6 is 0 Å². The predicted molar refractivity (Wildman–Crippen MR) is 77.0 cm³/mol. The molecule has 134 valence electrons. The molecule has 0 fully saturated rings. The molecule has 0 saturated heterocycles. The molecule has 0 saturated carbocycles. The molecule has 0 bridgehead atoms. The van der Waals surface area contributed by atoms with Crippen LogP contribution in [0.3, 0.4) is 0 Å². The SMILES string of the molecule is CCOc1ccc(C(=O)Cc2cccc(F)c2F)c(C(F)(F)F)c1F. The van der Waals surface area contributed by atoms with E-state index in [1.807, 2.05) is 0 Å². The summed E-state index contributed by atoms with van der Waals surface area (Å²) in [5, 5.41) is 0. The summed E-state index contributed by atoms with van der Waals surface area (Å²) < 4.78 is 85.2. The van der Waals surface area contributed by atoms with Gasteiger partial charge in [0.05, 0.1) is 6.61 Å². The van der Waals surface area contributed by atoms with Gasteiger partial charge in [-0.3, -0.25) is 4.79 Å². The highest BCUT2D eigenvalue weighted by molar-refractivity contribution is 5.99. The van der Waals surface area contributed by atoms with E-state index < -0.39 is 58.3 Å². The number of carbonyl (C=O) groups is 1. The first-order valence-electron chi connectivity index (χ1n) is 7.15. The summed E-state index contributed by atoms with van der Waals surface area (Å²) in [6, 6.07) is 4.64. The molecule has 0 amide bonds. The Morgan fingerprint density at radius 3 is 2.32 bits per heavy atom. The fourth-order valence-electron chi connectivity index (χ4n) is 2.29. The average molecular weight is 362 g/mol. The Hall–Kier alpha value is -2.51. The number of ketones is 1. The summed E-state index contributed by atoms with van der Waals surface area (Å²) in [6.07, 6.45) is -6.01.